The van der Waals surface area contributed by atoms with E-state index in [-0.39, 0.29) is 27.5 Å². The van der Waals surface area contributed by atoms with Gasteiger partial charge in [-0.05, 0) is 48.5 Å². The van der Waals surface area contributed by atoms with Crippen LogP contribution >= 0.6 is 11.6 Å². The lowest BCUT2D eigenvalue weighted by Crippen LogP contribution is -2.18. The van der Waals surface area contributed by atoms with Crippen LogP contribution in [0.25, 0.3) is 0 Å². The molecule has 0 unspecified atom stereocenters. The summed E-state index contributed by atoms with van der Waals surface area (Å²) in [6.07, 6.45) is 0. The Labute approximate surface area is 196 Å². The Hall–Kier alpha value is -3.56. The first-order chi connectivity index (χ1) is 15.7. The van der Waals surface area contributed by atoms with E-state index in [1.54, 1.807) is 18.2 Å². The Morgan fingerprint density at radius 1 is 0.909 bits per heavy atom. The van der Waals surface area contributed by atoms with Crippen LogP contribution in [0.15, 0.2) is 71.6 Å². The van der Waals surface area contributed by atoms with Crippen LogP contribution < -0.4 is 14.2 Å². The van der Waals surface area contributed by atoms with Gasteiger partial charge in [0.25, 0.3) is 10.0 Å². The highest BCUT2D eigenvalue weighted by atomic mass is 35.5. The maximum absolute atomic E-state index is 12.7. The molecule has 0 amide bonds. The zero-order chi connectivity index (χ0) is 24.0. The molecule has 8 nitrogen and oxygen atoms in total. The van der Waals surface area contributed by atoms with Crippen molar-refractivity contribution in [3.8, 4) is 11.5 Å². The Morgan fingerprint density at radius 3 is 2.27 bits per heavy atom. The SMILES string of the molecule is COc1ccc(C(=O)COC(=O)c2ccccc2NS(=O)(=O)c2ccc(Cl)cc2)c(OC)c1. The summed E-state index contributed by atoms with van der Waals surface area (Å²) in [7, 11) is -1.10. The van der Waals surface area contributed by atoms with Gasteiger partial charge in [0.15, 0.2) is 6.61 Å². The fraction of sp³-hybridized carbons (Fsp3) is 0.130. The number of rotatable bonds is 9. The predicted molar refractivity (Wildman–Crippen MR) is 123 cm³/mol. The Bertz CT molecular complexity index is 1270. The quantitative estimate of drug-likeness (QED) is 0.354. The molecule has 172 valence electrons. The van der Waals surface area contributed by atoms with Gasteiger partial charge in [-0.2, -0.15) is 0 Å². The minimum atomic E-state index is -3.99. The molecule has 0 aliphatic carbocycles. The fourth-order valence-corrected chi connectivity index (χ4v) is 4.09. The number of benzene rings is 3. The number of Topliss-reactive ketones (excluding diaryl/α,β-unsaturated/α-hetero) is 1. The van der Waals surface area contributed by atoms with Crippen LogP contribution in [0.2, 0.25) is 5.02 Å². The number of anilines is 1. The molecule has 0 aliphatic heterocycles. The molecule has 0 saturated carbocycles. The highest BCUT2D eigenvalue weighted by Gasteiger charge is 2.21. The summed E-state index contributed by atoms with van der Waals surface area (Å²) in [5.74, 6) is -0.596. The van der Waals surface area contributed by atoms with Gasteiger partial charge >= 0.3 is 5.97 Å². The molecule has 33 heavy (non-hydrogen) atoms. The Kier molecular flexibility index (Phi) is 7.57. The summed E-state index contributed by atoms with van der Waals surface area (Å²) in [4.78, 5) is 25.2. The van der Waals surface area contributed by atoms with Gasteiger partial charge in [-0.1, -0.05) is 23.7 Å². The number of esters is 1. The second kappa shape index (κ2) is 10.4. The standard InChI is InChI=1S/C23H20ClNO7S/c1-30-16-9-12-19(22(13-16)31-2)21(26)14-32-23(27)18-5-3-4-6-20(18)25-33(28,29)17-10-7-15(24)8-11-17/h3-13,25H,14H2,1-2H3. The molecule has 0 aromatic heterocycles. The van der Waals surface area contributed by atoms with E-state index in [0.29, 0.717) is 10.8 Å². The first kappa shape index (κ1) is 24.1. The molecule has 3 rings (SSSR count). The first-order valence-corrected chi connectivity index (χ1v) is 11.4. The van der Waals surface area contributed by atoms with E-state index >= 15 is 0 Å². The fourth-order valence-electron chi connectivity index (χ4n) is 2.88. The maximum atomic E-state index is 12.7. The van der Waals surface area contributed by atoms with Gasteiger partial charge in [0.1, 0.15) is 11.5 Å². The molecule has 0 spiro atoms. The number of methoxy groups -OCH3 is 2. The number of hydrogen-bond donors (Lipinski definition) is 1. The zero-order valence-corrected chi connectivity index (χ0v) is 19.3. The van der Waals surface area contributed by atoms with Gasteiger partial charge < -0.3 is 14.2 Å². The molecule has 1 N–H and O–H groups in total. The van der Waals surface area contributed by atoms with E-state index in [4.69, 9.17) is 25.8 Å². The van der Waals surface area contributed by atoms with Crippen molar-refractivity contribution >= 4 is 39.1 Å². The lowest BCUT2D eigenvalue weighted by molar-refractivity contribution is 0.0475. The first-order valence-electron chi connectivity index (χ1n) is 9.55. The number of sulfonamides is 1. The van der Waals surface area contributed by atoms with Gasteiger partial charge in [0, 0.05) is 11.1 Å². The average molecular weight is 490 g/mol. The van der Waals surface area contributed by atoms with Gasteiger partial charge in [-0.3, -0.25) is 9.52 Å². The normalized spacial score (nSPS) is 10.9. The van der Waals surface area contributed by atoms with E-state index < -0.39 is 28.4 Å². The minimum absolute atomic E-state index is 0.00641. The minimum Gasteiger partial charge on any atom is -0.497 e. The highest BCUT2D eigenvalue weighted by Crippen LogP contribution is 2.26. The van der Waals surface area contributed by atoms with Crippen molar-refractivity contribution in [2.24, 2.45) is 0 Å². The number of halogens is 1. The third kappa shape index (κ3) is 5.82. The molecule has 10 heteroatoms. The van der Waals surface area contributed by atoms with Crippen LogP contribution in [0.1, 0.15) is 20.7 Å². The number of para-hydroxylation sites is 1. The summed E-state index contributed by atoms with van der Waals surface area (Å²) < 4.78 is 43.2. The van der Waals surface area contributed by atoms with Crippen molar-refractivity contribution < 1.29 is 32.2 Å². The monoisotopic (exact) mass is 489 g/mol. The molecule has 0 saturated heterocycles. The van der Waals surface area contributed by atoms with E-state index in [0.717, 1.165) is 0 Å². The van der Waals surface area contributed by atoms with E-state index in [2.05, 4.69) is 4.72 Å². The highest BCUT2D eigenvalue weighted by molar-refractivity contribution is 7.92. The van der Waals surface area contributed by atoms with Gasteiger partial charge in [-0.25, -0.2) is 13.2 Å². The smallest absolute Gasteiger partial charge is 0.340 e. The van der Waals surface area contributed by atoms with Crippen molar-refractivity contribution in [1.82, 2.24) is 0 Å². The molecule has 0 atom stereocenters. The second-order valence-corrected chi connectivity index (χ2v) is 8.79. The van der Waals surface area contributed by atoms with E-state index in [1.165, 1.54) is 62.8 Å². The molecule has 0 fully saturated rings. The van der Waals surface area contributed by atoms with Crippen molar-refractivity contribution in [1.29, 1.82) is 0 Å². The molecular weight excluding hydrogens is 470 g/mol. The number of ketones is 1. The van der Waals surface area contributed by atoms with Crippen LogP contribution in [0, 0.1) is 0 Å². The molecule has 0 bridgehead atoms. The number of nitrogens with one attached hydrogen (secondary N) is 1. The summed E-state index contributed by atoms with van der Waals surface area (Å²) in [5.41, 5.74) is 0.166. The van der Waals surface area contributed by atoms with E-state index in [9.17, 15) is 18.0 Å². The van der Waals surface area contributed by atoms with Crippen molar-refractivity contribution in [2.45, 2.75) is 4.90 Å². The molecule has 3 aromatic carbocycles. The van der Waals surface area contributed by atoms with Crippen LogP contribution in [-0.4, -0.2) is 41.0 Å². The number of ether oxygens (including phenoxy) is 3. The van der Waals surface area contributed by atoms with Gasteiger partial charge in [0.05, 0.1) is 35.9 Å². The average Bonchev–Trinajstić information content (AvgIpc) is 2.82. The number of carbonyl (C=O) groups excluding carboxylic acids is 2. The van der Waals surface area contributed by atoms with Gasteiger partial charge in [0.2, 0.25) is 5.78 Å². The lowest BCUT2D eigenvalue weighted by Gasteiger charge is -2.13. The molecule has 3 aromatic rings. The van der Waals surface area contributed by atoms with E-state index in [1.807, 2.05) is 0 Å². The molecular formula is C23H20ClNO7S. The summed E-state index contributed by atoms with van der Waals surface area (Å²) in [6, 6.07) is 16.1. The van der Waals surface area contributed by atoms with Crippen LogP contribution in [0.5, 0.6) is 11.5 Å². The lowest BCUT2D eigenvalue weighted by atomic mass is 10.1. The molecule has 0 heterocycles. The van der Waals surface area contributed by atoms with Crippen LogP contribution in [0.3, 0.4) is 0 Å². The topological polar surface area (TPSA) is 108 Å². The molecule has 0 radical (unpaired) electrons. The second-order valence-electron chi connectivity index (χ2n) is 6.67. The third-order valence-corrected chi connectivity index (χ3v) is 6.19. The summed E-state index contributed by atoms with van der Waals surface area (Å²) >= 11 is 5.81. The largest absolute Gasteiger partial charge is 0.497 e. The summed E-state index contributed by atoms with van der Waals surface area (Å²) in [6.45, 7) is -0.570. The van der Waals surface area contributed by atoms with Gasteiger partial charge in [-0.15, -0.1) is 0 Å². The maximum Gasteiger partial charge on any atom is 0.340 e. The predicted octanol–water partition coefficient (Wildman–Crippen LogP) is 4.20. The van der Waals surface area contributed by atoms with Crippen LogP contribution in [0.4, 0.5) is 5.69 Å². The number of hydrogen-bond acceptors (Lipinski definition) is 7. The molecule has 0 aliphatic rings. The zero-order valence-electron chi connectivity index (χ0n) is 17.7. The van der Waals surface area contributed by atoms with Crippen molar-refractivity contribution in [3.63, 3.8) is 0 Å². The Balaban J connectivity index is 1.75. The summed E-state index contributed by atoms with van der Waals surface area (Å²) in [5, 5.41) is 0.385. The van der Waals surface area contributed by atoms with Crippen LogP contribution in [-0.2, 0) is 14.8 Å². The van der Waals surface area contributed by atoms with Crippen molar-refractivity contribution in [2.75, 3.05) is 25.5 Å². The Morgan fingerprint density at radius 2 is 1.61 bits per heavy atom. The van der Waals surface area contributed by atoms with Crippen molar-refractivity contribution in [3.05, 3.63) is 82.9 Å². The number of carbonyl (C=O) groups is 2. The third-order valence-electron chi connectivity index (χ3n) is 4.56.